The Kier molecular flexibility index (Phi) is 3.97. The monoisotopic (exact) mass is 300 g/mol. The molecule has 21 heavy (non-hydrogen) atoms. The highest BCUT2D eigenvalue weighted by atomic mass is 32.1. The summed E-state index contributed by atoms with van der Waals surface area (Å²) >= 11 is 1.78. The summed E-state index contributed by atoms with van der Waals surface area (Å²) in [5, 5.41) is 2.11. The van der Waals surface area contributed by atoms with Gasteiger partial charge >= 0.3 is 0 Å². The Hall–Kier alpha value is -1.81. The highest BCUT2D eigenvalue weighted by Crippen LogP contribution is 2.36. The minimum absolute atomic E-state index is 0.0405. The number of likely N-dealkylation sites (N-methyl/N-ethyl adjacent to an activating group) is 1. The van der Waals surface area contributed by atoms with E-state index in [1.165, 1.54) is 10.4 Å². The third kappa shape index (κ3) is 2.95. The van der Waals surface area contributed by atoms with E-state index in [0.29, 0.717) is 6.54 Å². The molecule has 0 spiro atoms. The summed E-state index contributed by atoms with van der Waals surface area (Å²) in [4.78, 5) is 16.0. The molecule has 2 N–H and O–H groups in total. The van der Waals surface area contributed by atoms with Crippen molar-refractivity contribution in [2.24, 2.45) is 0 Å². The Morgan fingerprint density at radius 1 is 1.33 bits per heavy atom. The molecule has 0 saturated heterocycles. The van der Waals surface area contributed by atoms with Crippen LogP contribution in [0.15, 0.2) is 35.7 Å². The number of carbonyl (C=O) groups is 1. The van der Waals surface area contributed by atoms with Gasteiger partial charge in [0.15, 0.2) is 0 Å². The van der Waals surface area contributed by atoms with Crippen molar-refractivity contribution in [3.05, 3.63) is 51.7 Å². The molecule has 110 valence electrons. The van der Waals surface area contributed by atoms with Gasteiger partial charge in [0.25, 0.3) is 0 Å². The Balaban J connectivity index is 1.72. The van der Waals surface area contributed by atoms with Crippen LogP contribution in [0, 0.1) is 0 Å². The first-order chi connectivity index (χ1) is 10.1. The molecule has 4 heteroatoms. The summed E-state index contributed by atoms with van der Waals surface area (Å²) < 4.78 is 0. The normalized spacial score (nSPS) is 17.3. The molecule has 0 aliphatic heterocycles. The van der Waals surface area contributed by atoms with Crippen LogP contribution >= 0.6 is 11.3 Å². The highest BCUT2D eigenvalue weighted by molar-refractivity contribution is 7.10. The highest BCUT2D eigenvalue weighted by Gasteiger charge is 2.29. The molecule has 0 fully saturated rings. The number of fused-ring (bicyclic) bond motifs is 1. The maximum Gasteiger partial charge on any atom is 0.230 e. The van der Waals surface area contributed by atoms with Gasteiger partial charge in [-0.25, -0.2) is 0 Å². The van der Waals surface area contributed by atoms with Gasteiger partial charge < -0.3 is 10.6 Å². The number of aryl methyl sites for hydroxylation is 1. The van der Waals surface area contributed by atoms with Crippen LogP contribution in [-0.4, -0.2) is 17.9 Å². The van der Waals surface area contributed by atoms with E-state index in [4.69, 9.17) is 5.73 Å². The summed E-state index contributed by atoms with van der Waals surface area (Å²) in [7, 11) is 1.89. The number of benzene rings is 1. The minimum atomic E-state index is 0.0405. The van der Waals surface area contributed by atoms with Crippen molar-refractivity contribution >= 4 is 22.9 Å². The Bertz CT molecular complexity index is 632. The van der Waals surface area contributed by atoms with Gasteiger partial charge in [0.2, 0.25) is 5.91 Å². The van der Waals surface area contributed by atoms with Crippen LogP contribution in [-0.2, 0) is 17.8 Å². The molecule has 0 bridgehead atoms. The number of hydrogen-bond acceptors (Lipinski definition) is 3. The molecule has 3 nitrogen and oxygen atoms in total. The van der Waals surface area contributed by atoms with E-state index < -0.39 is 0 Å². The van der Waals surface area contributed by atoms with Crippen molar-refractivity contribution in [2.45, 2.75) is 31.7 Å². The number of nitrogens with two attached hydrogens (primary N) is 1. The van der Waals surface area contributed by atoms with Gasteiger partial charge in [-0.2, -0.15) is 0 Å². The van der Waals surface area contributed by atoms with Gasteiger partial charge in [0.1, 0.15) is 0 Å². The molecule has 1 aromatic heterocycles. The van der Waals surface area contributed by atoms with Crippen molar-refractivity contribution in [1.82, 2.24) is 4.90 Å². The molecule has 1 heterocycles. The summed E-state index contributed by atoms with van der Waals surface area (Å²) in [6.07, 6.45) is 3.20. The minimum Gasteiger partial charge on any atom is -0.399 e. The predicted molar refractivity (Wildman–Crippen MR) is 87.3 cm³/mol. The van der Waals surface area contributed by atoms with Crippen LogP contribution in [0.4, 0.5) is 5.69 Å². The number of nitrogen functional groups attached to an aromatic ring is 1. The van der Waals surface area contributed by atoms with Gasteiger partial charge in [-0.1, -0.05) is 12.1 Å². The lowest BCUT2D eigenvalue weighted by atomic mass is 9.87. The van der Waals surface area contributed by atoms with E-state index in [0.717, 1.165) is 30.5 Å². The maximum atomic E-state index is 12.7. The topological polar surface area (TPSA) is 46.3 Å². The fraction of sp³-hybridized carbons (Fsp3) is 0.353. The molecule has 2 aromatic rings. The number of carbonyl (C=O) groups excluding carboxylic acids is 1. The molecule has 0 saturated carbocycles. The number of hydrogen-bond donors (Lipinski definition) is 1. The lowest BCUT2D eigenvalue weighted by Crippen LogP contribution is -2.32. The Morgan fingerprint density at radius 3 is 2.86 bits per heavy atom. The van der Waals surface area contributed by atoms with Gasteiger partial charge in [-0.3, -0.25) is 4.79 Å². The van der Waals surface area contributed by atoms with Crippen LogP contribution in [0.25, 0.3) is 0 Å². The number of anilines is 1. The molecule has 1 aliphatic carbocycles. The van der Waals surface area contributed by atoms with Gasteiger partial charge in [0, 0.05) is 24.2 Å². The fourth-order valence-electron chi connectivity index (χ4n) is 2.98. The molecule has 1 aromatic carbocycles. The predicted octanol–water partition coefficient (Wildman–Crippen LogP) is 3.41. The van der Waals surface area contributed by atoms with Gasteiger partial charge in [0.05, 0.1) is 5.92 Å². The van der Waals surface area contributed by atoms with Crippen LogP contribution < -0.4 is 5.73 Å². The zero-order chi connectivity index (χ0) is 14.8. The third-order valence-corrected chi connectivity index (χ3v) is 5.12. The first-order valence-electron chi connectivity index (χ1n) is 7.31. The molecule has 1 atom stereocenters. The largest absolute Gasteiger partial charge is 0.399 e. The second-order valence-electron chi connectivity index (χ2n) is 5.68. The summed E-state index contributed by atoms with van der Waals surface area (Å²) in [5.74, 6) is 0.268. The quantitative estimate of drug-likeness (QED) is 0.883. The third-order valence-electron chi connectivity index (χ3n) is 4.13. The molecule has 1 unspecified atom stereocenters. The Morgan fingerprint density at radius 2 is 2.10 bits per heavy atom. The zero-order valence-electron chi connectivity index (χ0n) is 12.2. The van der Waals surface area contributed by atoms with E-state index in [2.05, 4.69) is 11.4 Å². The van der Waals surface area contributed by atoms with Crippen LogP contribution in [0.2, 0.25) is 0 Å². The van der Waals surface area contributed by atoms with Crippen molar-refractivity contribution in [3.8, 4) is 0 Å². The molecular formula is C17H20N2OS. The van der Waals surface area contributed by atoms with E-state index in [-0.39, 0.29) is 11.8 Å². The smallest absolute Gasteiger partial charge is 0.230 e. The van der Waals surface area contributed by atoms with Gasteiger partial charge in [-0.15, -0.1) is 11.3 Å². The van der Waals surface area contributed by atoms with Crippen molar-refractivity contribution < 1.29 is 4.79 Å². The molecule has 0 radical (unpaired) electrons. The average Bonchev–Trinajstić information content (AvgIpc) is 2.97. The molecule has 1 aliphatic rings. The van der Waals surface area contributed by atoms with Crippen molar-refractivity contribution in [3.63, 3.8) is 0 Å². The van der Waals surface area contributed by atoms with Crippen molar-refractivity contribution in [1.29, 1.82) is 0 Å². The van der Waals surface area contributed by atoms with Crippen LogP contribution in [0.3, 0.4) is 0 Å². The number of nitrogens with zero attached hydrogens (tertiary/aromatic N) is 1. The van der Waals surface area contributed by atoms with E-state index in [1.807, 2.05) is 36.2 Å². The van der Waals surface area contributed by atoms with Crippen LogP contribution in [0.1, 0.15) is 34.8 Å². The van der Waals surface area contributed by atoms with E-state index >= 15 is 0 Å². The average molecular weight is 300 g/mol. The van der Waals surface area contributed by atoms with Gasteiger partial charge in [-0.05, 0) is 54.0 Å². The SMILES string of the molecule is CN(Cc1ccc(N)cc1)C(=O)C1CCCc2sccc21. The standard InChI is InChI=1S/C17H20N2OS/c1-19(11-12-5-7-13(18)8-6-12)17(20)15-3-2-4-16-14(15)9-10-21-16/h5-10,15H,2-4,11,18H2,1H3. The lowest BCUT2D eigenvalue weighted by Gasteiger charge is -2.27. The second kappa shape index (κ2) is 5.90. The number of rotatable bonds is 3. The van der Waals surface area contributed by atoms with Crippen LogP contribution in [0.5, 0.6) is 0 Å². The van der Waals surface area contributed by atoms with E-state index in [9.17, 15) is 4.79 Å². The Labute approximate surface area is 129 Å². The summed E-state index contributed by atoms with van der Waals surface area (Å²) in [6.45, 7) is 0.634. The fourth-order valence-corrected chi connectivity index (χ4v) is 3.97. The molecular weight excluding hydrogens is 280 g/mol. The summed E-state index contributed by atoms with van der Waals surface area (Å²) in [6, 6.07) is 9.85. The lowest BCUT2D eigenvalue weighted by molar-refractivity contribution is -0.132. The molecule has 1 amide bonds. The molecule has 3 rings (SSSR count). The number of thiophene rings is 1. The second-order valence-corrected chi connectivity index (χ2v) is 6.68. The summed E-state index contributed by atoms with van der Waals surface area (Å²) in [5.41, 5.74) is 8.81. The van der Waals surface area contributed by atoms with Crippen molar-refractivity contribution in [2.75, 3.05) is 12.8 Å². The maximum absolute atomic E-state index is 12.7. The van der Waals surface area contributed by atoms with E-state index in [1.54, 1.807) is 11.3 Å². The first-order valence-corrected chi connectivity index (χ1v) is 8.19. The number of amides is 1. The first kappa shape index (κ1) is 14.1. The zero-order valence-corrected chi connectivity index (χ0v) is 13.0.